The van der Waals surface area contributed by atoms with Crippen molar-refractivity contribution < 1.29 is 4.39 Å². The van der Waals surface area contributed by atoms with E-state index in [1.165, 1.54) is 25.3 Å². The molecule has 0 spiro atoms. The third kappa shape index (κ3) is 3.05. The third-order valence-corrected chi connectivity index (χ3v) is 3.81. The molecule has 94 valence electrons. The van der Waals surface area contributed by atoms with Crippen LogP contribution in [0.3, 0.4) is 0 Å². The molecule has 1 aromatic carbocycles. The average molecular weight is 236 g/mol. The molecule has 0 aromatic heterocycles. The Morgan fingerprint density at radius 3 is 2.94 bits per heavy atom. The second-order valence-corrected chi connectivity index (χ2v) is 5.04. The lowest BCUT2D eigenvalue weighted by Crippen LogP contribution is -2.37. The topological polar surface area (TPSA) is 29.3 Å². The SMILES string of the molecule is CN(Cc1cccc(F)c1)C1CCCC1CN. The second kappa shape index (κ2) is 5.61. The quantitative estimate of drug-likeness (QED) is 0.869. The van der Waals surface area contributed by atoms with E-state index < -0.39 is 0 Å². The van der Waals surface area contributed by atoms with Crippen LogP contribution in [0.5, 0.6) is 0 Å². The highest BCUT2D eigenvalue weighted by Gasteiger charge is 2.29. The summed E-state index contributed by atoms with van der Waals surface area (Å²) in [6.45, 7) is 1.57. The number of hydrogen-bond donors (Lipinski definition) is 1. The van der Waals surface area contributed by atoms with Crippen LogP contribution < -0.4 is 5.73 Å². The largest absolute Gasteiger partial charge is 0.330 e. The zero-order valence-electron chi connectivity index (χ0n) is 10.4. The van der Waals surface area contributed by atoms with E-state index in [-0.39, 0.29) is 5.82 Å². The molecule has 1 aromatic rings. The number of halogens is 1. The number of nitrogens with zero attached hydrogens (tertiary/aromatic N) is 1. The molecule has 1 aliphatic rings. The zero-order chi connectivity index (χ0) is 12.3. The van der Waals surface area contributed by atoms with Crippen molar-refractivity contribution in [3.8, 4) is 0 Å². The molecule has 0 bridgehead atoms. The van der Waals surface area contributed by atoms with Crippen molar-refractivity contribution in [1.29, 1.82) is 0 Å². The fourth-order valence-electron chi connectivity index (χ4n) is 2.91. The normalized spacial score (nSPS) is 24.5. The van der Waals surface area contributed by atoms with Crippen molar-refractivity contribution in [1.82, 2.24) is 4.90 Å². The van der Waals surface area contributed by atoms with E-state index in [1.807, 2.05) is 6.07 Å². The summed E-state index contributed by atoms with van der Waals surface area (Å²) in [5, 5.41) is 0. The Hall–Kier alpha value is -0.930. The van der Waals surface area contributed by atoms with Crippen LogP contribution in [0.2, 0.25) is 0 Å². The van der Waals surface area contributed by atoms with Crippen LogP contribution in [0.15, 0.2) is 24.3 Å². The van der Waals surface area contributed by atoms with Gasteiger partial charge in [0.05, 0.1) is 0 Å². The smallest absolute Gasteiger partial charge is 0.123 e. The van der Waals surface area contributed by atoms with Gasteiger partial charge in [-0.05, 0) is 50.0 Å². The molecule has 2 rings (SSSR count). The maximum Gasteiger partial charge on any atom is 0.123 e. The summed E-state index contributed by atoms with van der Waals surface area (Å²) in [6, 6.07) is 7.41. The Labute approximate surface area is 103 Å². The number of rotatable bonds is 4. The molecular weight excluding hydrogens is 215 g/mol. The molecule has 1 fully saturated rings. The van der Waals surface area contributed by atoms with Gasteiger partial charge in [0, 0.05) is 12.6 Å². The lowest BCUT2D eigenvalue weighted by atomic mass is 10.0. The van der Waals surface area contributed by atoms with E-state index >= 15 is 0 Å². The predicted octanol–water partition coefficient (Wildman–Crippen LogP) is 2.38. The van der Waals surface area contributed by atoms with Gasteiger partial charge in [-0.1, -0.05) is 18.6 Å². The van der Waals surface area contributed by atoms with Gasteiger partial charge < -0.3 is 5.73 Å². The van der Waals surface area contributed by atoms with Crippen molar-refractivity contribution in [2.24, 2.45) is 11.7 Å². The molecular formula is C14H21FN2. The summed E-state index contributed by atoms with van der Waals surface area (Å²) >= 11 is 0. The molecule has 0 aliphatic heterocycles. The van der Waals surface area contributed by atoms with E-state index in [9.17, 15) is 4.39 Å². The Morgan fingerprint density at radius 1 is 1.41 bits per heavy atom. The number of hydrogen-bond acceptors (Lipinski definition) is 2. The summed E-state index contributed by atoms with van der Waals surface area (Å²) in [5.41, 5.74) is 6.83. The van der Waals surface area contributed by atoms with Gasteiger partial charge in [-0.25, -0.2) is 4.39 Å². The molecule has 0 saturated heterocycles. The highest BCUT2D eigenvalue weighted by molar-refractivity contribution is 5.16. The number of benzene rings is 1. The van der Waals surface area contributed by atoms with Gasteiger partial charge in [-0.2, -0.15) is 0 Å². The Balaban J connectivity index is 1.99. The van der Waals surface area contributed by atoms with Crippen molar-refractivity contribution >= 4 is 0 Å². The summed E-state index contributed by atoms with van der Waals surface area (Å²) in [4.78, 5) is 2.32. The third-order valence-electron chi connectivity index (χ3n) is 3.81. The highest BCUT2D eigenvalue weighted by Crippen LogP contribution is 2.29. The molecule has 1 aliphatic carbocycles. The summed E-state index contributed by atoms with van der Waals surface area (Å²) in [7, 11) is 2.11. The van der Waals surface area contributed by atoms with Crippen LogP contribution >= 0.6 is 0 Å². The Bertz CT molecular complexity index is 367. The monoisotopic (exact) mass is 236 g/mol. The van der Waals surface area contributed by atoms with Crippen LogP contribution in [0.25, 0.3) is 0 Å². The minimum atomic E-state index is -0.155. The van der Waals surface area contributed by atoms with Gasteiger partial charge >= 0.3 is 0 Å². The minimum absolute atomic E-state index is 0.155. The van der Waals surface area contributed by atoms with Gasteiger partial charge in [0.1, 0.15) is 5.82 Å². The zero-order valence-corrected chi connectivity index (χ0v) is 10.4. The first-order chi connectivity index (χ1) is 8.20. The first-order valence-corrected chi connectivity index (χ1v) is 6.35. The van der Waals surface area contributed by atoms with E-state index in [0.29, 0.717) is 12.0 Å². The maximum absolute atomic E-state index is 13.1. The van der Waals surface area contributed by atoms with Crippen molar-refractivity contribution in [2.75, 3.05) is 13.6 Å². The van der Waals surface area contributed by atoms with Crippen LogP contribution in [0.1, 0.15) is 24.8 Å². The Morgan fingerprint density at radius 2 is 2.24 bits per heavy atom. The lowest BCUT2D eigenvalue weighted by Gasteiger charge is -2.29. The molecule has 0 heterocycles. The highest BCUT2D eigenvalue weighted by atomic mass is 19.1. The van der Waals surface area contributed by atoms with Crippen LogP contribution in [0.4, 0.5) is 4.39 Å². The summed E-state index contributed by atoms with van der Waals surface area (Å²) in [5.74, 6) is 0.450. The summed E-state index contributed by atoms with van der Waals surface area (Å²) in [6.07, 6.45) is 3.71. The first-order valence-electron chi connectivity index (χ1n) is 6.35. The molecule has 0 amide bonds. The van der Waals surface area contributed by atoms with E-state index in [2.05, 4.69) is 11.9 Å². The van der Waals surface area contributed by atoms with Crippen molar-refractivity contribution in [3.63, 3.8) is 0 Å². The van der Waals surface area contributed by atoms with Gasteiger partial charge in [0.25, 0.3) is 0 Å². The summed E-state index contributed by atoms with van der Waals surface area (Å²) < 4.78 is 13.1. The fraction of sp³-hybridized carbons (Fsp3) is 0.571. The molecule has 0 radical (unpaired) electrons. The van der Waals surface area contributed by atoms with Crippen molar-refractivity contribution in [3.05, 3.63) is 35.6 Å². The first kappa shape index (κ1) is 12.5. The van der Waals surface area contributed by atoms with E-state index in [4.69, 9.17) is 5.73 Å². The van der Waals surface area contributed by atoms with Crippen LogP contribution in [-0.2, 0) is 6.54 Å². The molecule has 3 heteroatoms. The number of nitrogens with two attached hydrogens (primary N) is 1. The standard InChI is InChI=1S/C14H21FN2/c1-17(14-7-3-5-12(14)9-16)10-11-4-2-6-13(15)8-11/h2,4,6,8,12,14H,3,5,7,9-10,16H2,1H3. The fourth-order valence-corrected chi connectivity index (χ4v) is 2.91. The van der Waals surface area contributed by atoms with E-state index in [0.717, 1.165) is 18.7 Å². The van der Waals surface area contributed by atoms with E-state index in [1.54, 1.807) is 12.1 Å². The van der Waals surface area contributed by atoms with Gasteiger partial charge in [-0.15, -0.1) is 0 Å². The predicted molar refractivity (Wildman–Crippen MR) is 68.1 cm³/mol. The van der Waals surface area contributed by atoms with Crippen molar-refractivity contribution in [2.45, 2.75) is 31.8 Å². The van der Waals surface area contributed by atoms with Crippen LogP contribution in [0, 0.1) is 11.7 Å². The molecule has 2 nitrogen and oxygen atoms in total. The molecule has 2 atom stereocenters. The second-order valence-electron chi connectivity index (χ2n) is 5.04. The molecule has 2 unspecified atom stereocenters. The lowest BCUT2D eigenvalue weighted by molar-refractivity contribution is 0.192. The van der Waals surface area contributed by atoms with Gasteiger partial charge in [0.15, 0.2) is 0 Å². The van der Waals surface area contributed by atoms with Gasteiger partial charge in [-0.3, -0.25) is 4.90 Å². The maximum atomic E-state index is 13.1. The Kier molecular flexibility index (Phi) is 4.13. The minimum Gasteiger partial charge on any atom is -0.330 e. The average Bonchev–Trinajstić information content (AvgIpc) is 2.77. The molecule has 17 heavy (non-hydrogen) atoms. The van der Waals surface area contributed by atoms with Crippen LogP contribution in [-0.4, -0.2) is 24.5 Å². The van der Waals surface area contributed by atoms with Gasteiger partial charge in [0.2, 0.25) is 0 Å². The molecule has 1 saturated carbocycles. The molecule has 2 N–H and O–H groups in total.